The van der Waals surface area contributed by atoms with Crippen LogP contribution in [0.25, 0.3) is 10.4 Å². The van der Waals surface area contributed by atoms with Gasteiger partial charge in [-0.15, -0.1) is 0 Å². The van der Waals surface area contributed by atoms with Gasteiger partial charge in [0.05, 0.1) is 27.7 Å². The summed E-state index contributed by atoms with van der Waals surface area (Å²) in [4.78, 5) is 33.9. The summed E-state index contributed by atoms with van der Waals surface area (Å²) >= 11 is 7.35. The summed E-state index contributed by atoms with van der Waals surface area (Å²) in [5.74, 6) is -0.796. The molecule has 2 heterocycles. The van der Waals surface area contributed by atoms with Gasteiger partial charge >= 0.3 is 0 Å². The molecule has 0 fully saturated rings. The van der Waals surface area contributed by atoms with Gasteiger partial charge in [0, 0.05) is 17.3 Å². The van der Waals surface area contributed by atoms with Gasteiger partial charge in [0.2, 0.25) is 5.91 Å². The Bertz CT molecular complexity index is 1560. The largest absolute Gasteiger partial charge is 0.343 e. The maximum absolute atomic E-state index is 12.7. The van der Waals surface area contributed by atoms with Gasteiger partial charge in [-0.05, 0) is 44.2 Å². The van der Waals surface area contributed by atoms with E-state index in [4.69, 9.17) is 11.6 Å². The van der Waals surface area contributed by atoms with Crippen molar-refractivity contribution in [3.8, 4) is 10.4 Å². The first-order valence-corrected chi connectivity index (χ1v) is 13.7. The fourth-order valence-electron chi connectivity index (χ4n) is 3.30. The normalized spacial score (nSPS) is 11.1. The van der Waals surface area contributed by atoms with Gasteiger partial charge in [-0.3, -0.25) is 14.3 Å². The molecule has 3 N–H and O–H groups in total. The van der Waals surface area contributed by atoms with Crippen molar-refractivity contribution in [1.82, 2.24) is 15.3 Å². The number of pyridine rings is 1. The lowest BCUT2D eigenvalue weighted by molar-refractivity contribution is -0.115. The third-order valence-corrected chi connectivity index (χ3v) is 7.97. The molecule has 0 atom stereocenters. The molecule has 0 saturated carbocycles. The van der Waals surface area contributed by atoms with Crippen LogP contribution < -0.4 is 15.4 Å². The number of carbonyl (C=O) groups excluding carboxylic acids is 2. The van der Waals surface area contributed by atoms with Crippen LogP contribution in [0.2, 0.25) is 5.15 Å². The van der Waals surface area contributed by atoms with Gasteiger partial charge in [-0.25, -0.2) is 18.4 Å². The molecule has 2 aromatic carbocycles. The van der Waals surface area contributed by atoms with Crippen LogP contribution >= 0.6 is 22.9 Å². The Morgan fingerprint density at radius 1 is 1.03 bits per heavy atom. The monoisotopic (exact) mass is 555 g/mol. The number of aromatic nitrogens is 2. The average Bonchev–Trinajstić information content (AvgIpc) is 3.24. The summed E-state index contributed by atoms with van der Waals surface area (Å²) < 4.78 is 27.9. The van der Waals surface area contributed by atoms with Gasteiger partial charge in [-0.2, -0.15) is 0 Å². The fourth-order valence-corrected chi connectivity index (χ4v) is 5.54. The summed E-state index contributed by atoms with van der Waals surface area (Å²) in [5, 5.41) is 5.56. The van der Waals surface area contributed by atoms with Crippen LogP contribution in [0.5, 0.6) is 0 Å². The van der Waals surface area contributed by atoms with Crippen LogP contribution in [0.15, 0.2) is 71.8 Å². The second-order valence-corrected chi connectivity index (χ2v) is 11.1. The maximum Gasteiger partial charge on any atom is 0.261 e. The number of benzene rings is 2. The van der Waals surface area contributed by atoms with Crippen molar-refractivity contribution in [2.45, 2.75) is 18.7 Å². The molecule has 12 heteroatoms. The van der Waals surface area contributed by atoms with E-state index in [-0.39, 0.29) is 28.2 Å². The maximum atomic E-state index is 12.7. The number of hydrogen-bond donors (Lipinski definition) is 3. The highest BCUT2D eigenvalue weighted by atomic mass is 35.5. The summed E-state index contributed by atoms with van der Waals surface area (Å²) in [5.41, 5.74) is 2.77. The molecular weight excluding hydrogens is 534 g/mol. The van der Waals surface area contributed by atoms with Crippen molar-refractivity contribution < 1.29 is 18.0 Å². The zero-order valence-electron chi connectivity index (χ0n) is 19.8. The molecule has 0 aliphatic carbocycles. The molecule has 190 valence electrons. The Balaban J connectivity index is 1.45. The highest BCUT2D eigenvalue weighted by Crippen LogP contribution is 2.35. The molecule has 0 bridgehead atoms. The van der Waals surface area contributed by atoms with E-state index in [0.717, 1.165) is 5.56 Å². The van der Waals surface area contributed by atoms with Gasteiger partial charge in [0.25, 0.3) is 15.9 Å². The molecular formula is C25H22ClN5O4S2. The van der Waals surface area contributed by atoms with Gasteiger partial charge in [0.15, 0.2) is 10.3 Å². The third kappa shape index (κ3) is 6.50. The predicted octanol–water partition coefficient (Wildman–Crippen LogP) is 4.64. The molecule has 9 nitrogen and oxygen atoms in total. The first kappa shape index (κ1) is 26.3. The van der Waals surface area contributed by atoms with Crippen LogP contribution in [0, 0.1) is 13.8 Å². The minimum atomic E-state index is -3.87. The highest BCUT2D eigenvalue weighted by Gasteiger charge is 2.19. The molecule has 0 aliphatic rings. The Labute approximate surface area is 223 Å². The van der Waals surface area contributed by atoms with Crippen LogP contribution in [-0.4, -0.2) is 36.7 Å². The highest BCUT2D eigenvalue weighted by molar-refractivity contribution is 7.92. The summed E-state index contributed by atoms with van der Waals surface area (Å²) in [6.45, 7) is 3.45. The van der Waals surface area contributed by atoms with E-state index in [1.807, 2.05) is 19.1 Å². The van der Waals surface area contributed by atoms with E-state index < -0.39 is 15.9 Å². The molecule has 4 rings (SSSR count). The molecule has 37 heavy (non-hydrogen) atoms. The van der Waals surface area contributed by atoms with Crippen molar-refractivity contribution in [3.63, 3.8) is 0 Å². The predicted molar refractivity (Wildman–Crippen MR) is 144 cm³/mol. The Morgan fingerprint density at radius 3 is 2.43 bits per heavy atom. The van der Waals surface area contributed by atoms with Crippen molar-refractivity contribution in [2.75, 3.05) is 16.6 Å². The van der Waals surface area contributed by atoms with Crippen molar-refractivity contribution in [3.05, 3.63) is 88.8 Å². The molecule has 4 aromatic rings. The number of halogens is 1. The fraction of sp³-hybridized carbons (Fsp3) is 0.120. The molecule has 0 unspecified atom stereocenters. The quantitative estimate of drug-likeness (QED) is 0.271. The minimum Gasteiger partial charge on any atom is -0.343 e. The minimum absolute atomic E-state index is 0.0109. The number of thiazole rings is 1. The summed E-state index contributed by atoms with van der Waals surface area (Å²) in [6.07, 6.45) is 1.50. The van der Waals surface area contributed by atoms with Crippen LogP contribution in [-0.2, 0) is 14.8 Å². The molecule has 2 amide bonds. The SMILES string of the molecule is Cc1ccc(C(=O)NCC(=O)Nc2nc(C)c(-c3cnc(Cl)c(NS(=O)(=O)c4ccccc4)c3)s2)cc1. The average molecular weight is 556 g/mol. The van der Waals surface area contributed by atoms with Gasteiger partial charge < -0.3 is 10.6 Å². The first-order chi connectivity index (χ1) is 17.6. The number of nitrogens with one attached hydrogen (secondary N) is 3. The molecule has 2 aromatic heterocycles. The first-order valence-electron chi connectivity index (χ1n) is 11.0. The number of hydrogen-bond acceptors (Lipinski definition) is 7. The van der Waals surface area contributed by atoms with E-state index in [2.05, 4.69) is 25.3 Å². The van der Waals surface area contributed by atoms with E-state index in [9.17, 15) is 18.0 Å². The topological polar surface area (TPSA) is 130 Å². The lowest BCUT2D eigenvalue weighted by Gasteiger charge is -2.10. The lowest BCUT2D eigenvalue weighted by Crippen LogP contribution is -2.32. The second kappa shape index (κ2) is 11.1. The molecule has 0 saturated heterocycles. The van der Waals surface area contributed by atoms with E-state index in [1.54, 1.807) is 43.3 Å². The van der Waals surface area contributed by atoms with Gasteiger partial charge in [0.1, 0.15) is 0 Å². The zero-order chi connectivity index (χ0) is 26.6. The Hall–Kier alpha value is -3.80. The second-order valence-electron chi connectivity index (χ2n) is 8.01. The van der Waals surface area contributed by atoms with E-state index in [0.29, 0.717) is 26.8 Å². The Kier molecular flexibility index (Phi) is 7.86. The Morgan fingerprint density at radius 2 is 1.73 bits per heavy atom. The van der Waals surface area contributed by atoms with Crippen LogP contribution in [0.4, 0.5) is 10.8 Å². The van der Waals surface area contributed by atoms with Crippen molar-refractivity contribution >= 4 is 55.6 Å². The summed E-state index contributed by atoms with van der Waals surface area (Å²) in [7, 11) is -3.87. The smallest absolute Gasteiger partial charge is 0.261 e. The van der Waals surface area contributed by atoms with Crippen molar-refractivity contribution in [1.29, 1.82) is 0 Å². The standard InChI is InChI=1S/C25H22ClN5O4S2/c1-15-8-10-17(11-9-15)24(33)28-14-21(32)30-25-29-16(2)22(36-25)18-12-20(23(26)27-13-18)31-37(34,35)19-6-4-3-5-7-19/h3-13,31H,14H2,1-2H3,(H,28,33)(H,29,30,32). The van der Waals surface area contributed by atoms with Crippen LogP contribution in [0.3, 0.4) is 0 Å². The number of carbonyl (C=O) groups is 2. The number of anilines is 2. The summed E-state index contributed by atoms with van der Waals surface area (Å²) in [6, 6.07) is 16.5. The van der Waals surface area contributed by atoms with E-state index >= 15 is 0 Å². The number of nitrogens with zero attached hydrogens (tertiary/aromatic N) is 2. The molecule has 0 spiro atoms. The number of rotatable bonds is 8. The zero-order valence-corrected chi connectivity index (χ0v) is 22.2. The molecule has 0 aliphatic heterocycles. The number of amides is 2. The van der Waals surface area contributed by atoms with Gasteiger partial charge in [-0.1, -0.05) is 58.8 Å². The number of sulfonamides is 1. The lowest BCUT2D eigenvalue weighted by atomic mass is 10.1. The van der Waals surface area contributed by atoms with E-state index in [1.165, 1.54) is 29.7 Å². The number of aryl methyl sites for hydroxylation is 2. The third-order valence-electron chi connectivity index (χ3n) is 5.17. The van der Waals surface area contributed by atoms with Crippen molar-refractivity contribution in [2.24, 2.45) is 0 Å². The molecule has 0 radical (unpaired) electrons. The van der Waals surface area contributed by atoms with Crippen LogP contribution in [0.1, 0.15) is 21.6 Å².